The third-order valence-corrected chi connectivity index (χ3v) is 4.17. The Bertz CT molecular complexity index is 533. The van der Waals surface area contributed by atoms with Gasteiger partial charge < -0.3 is 4.74 Å². The van der Waals surface area contributed by atoms with Crippen LogP contribution in [-0.4, -0.2) is 12.6 Å². The Morgan fingerprint density at radius 1 is 0.679 bits per heavy atom. The summed E-state index contributed by atoms with van der Waals surface area (Å²) < 4.78 is 5.08. The van der Waals surface area contributed by atoms with E-state index in [2.05, 4.69) is 86.8 Å². The van der Waals surface area contributed by atoms with Gasteiger partial charge in [-0.05, 0) is 57.3 Å². The number of ether oxygens (including phenoxy) is 1. The highest BCUT2D eigenvalue weighted by Crippen LogP contribution is 2.10. The molecular weight excluding hydrogens is 344 g/mol. The van der Waals surface area contributed by atoms with Crippen LogP contribution in [0.1, 0.15) is 72.1 Å². The van der Waals surface area contributed by atoms with Crippen LogP contribution in [0.3, 0.4) is 0 Å². The maximum absolute atomic E-state index is 10.8. The Kier molecular flexibility index (Phi) is 19.6. The van der Waals surface area contributed by atoms with E-state index in [1.54, 1.807) is 0 Å². The third-order valence-electron chi connectivity index (χ3n) is 4.17. The lowest BCUT2D eigenvalue weighted by Crippen LogP contribution is -2.10. The van der Waals surface area contributed by atoms with Crippen molar-refractivity contribution in [3.63, 3.8) is 0 Å². The van der Waals surface area contributed by atoms with Gasteiger partial charge in [0.25, 0.3) is 0 Å². The maximum atomic E-state index is 10.8. The Morgan fingerprint density at radius 3 is 1.43 bits per heavy atom. The van der Waals surface area contributed by atoms with Crippen LogP contribution in [0.4, 0.5) is 0 Å². The van der Waals surface area contributed by atoms with Crippen LogP contribution >= 0.6 is 0 Å². The van der Waals surface area contributed by atoms with E-state index in [0.29, 0.717) is 12.5 Å². The summed E-state index contributed by atoms with van der Waals surface area (Å²) in [5.74, 6) is 0.231. The number of rotatable bonds is 16. The van der Waals surface area contributed by atoms with Gasteiger partial charge in [-0.25, -0.2) is 0 Å². The van der Waals surface area contributed by atoms with Gasteiger partial charge in [0.1, 0.15) is 0 Å². The number of esters is 1. The summed E-state index contributed by atoms with van der Waals surface area (Å²) in [7, 11) is 0. The summed E-state index contributed by atoms with van der Waals surface area (Å²) >= 11 is 0. The second kappa shape index (κ2) is 21.2. The molecule has 0 aromatic rings. The van der Waals surface area contributed by atoms with Gasteiger partial charge >= 0.3 is 5.97 Å². The second-order valence-corrected chi connectivity index (χ2v) is 6.73. The summed E-state index contributed by atoms with van der Waals surface area (Å²) in [6.07, 6.45) is 34.6. The highest BCUT2D eigenvalue weighted by molar-refractivity contribution is 5.65. The van der Waals surface area contributed by atoms with Crippen molar-refractivity contribution in [3.05, 3.63) is 72.9 Å². The lowest BCUT2D eigenvalue weighted by atomic mass is 10.0. The van der Waals surface area contributed by atoms with E-state index in [1.165, 1.54) is 6.92 Å². The molecule has 0 radical (unpaired) electrons. The van der Waals surface area contributed by atoms with E-state index in [-0.39, 0.29) is 5.97 Å². The van der Waals surface area contributed by atoms with E-state index in [0.717, 1.165) is 51.4 Å². The molecule has 0 heterocycles. The first kappa shape index (κ1) is 25.9. The van der Waals surface area contributed by atoms with E-state index in [9.17, 15) is 4.79 Å². The normalized spacial score (nSPS) is 14.0. The molecular formula is C26H40O2. The SMILES string of the molecule is CCC=CCC=CCC=CCC=CCC=CCC=CCC(CC)COC(C)=O. The zero-order valence-electron chi connectivity index (χ0n) is 18.2. The molecule has 0 N–H and O–H groups in total. The second-order valence-electron chi connectivity index (χ2n) is 6.73. The number of hydrogen-bond acceptors (Lipinski definition) is 2. The van der Waals surface area contributed by atoms with Crippen molar-refractivity contribution in [2.75, 3.05) is 6.61 Å². The Hall–Kier alpha value is -2.09. The average molecular weight is 385 g/mol. The Balaban J connectivity index is 3.68. The molecule has 0 aliphatic heterocycles. The van der Waals surface area contributed by atoms with E-state index in [4.69, 9.17) is 4.74 Å². The number of carbonyl (C=O) groups excluding carboxylic acids is 1. The third kappa shape index (κ3) is 20.2. The minimum atomic E-state index is -0.193. The van der Waals surface area contributed by atoms with Gasteiger partial charge in [0, 0.05) is 6.92 Å². The summed E-state index contributed by atoms with van der Waals surface area (Å²) in [6.45, 7) is 6.27. The van der Waals surface area contributed by atoms with Crippen LogP contribution in [0.2, 0.25) is 0 Å². The molecule has 0 saturated carbocycles. The largest absolute Gasteiger partial charge is 0.466 e. The van der Waals surface area contributed by atoms with Crippen molar-refractivity contribution in [3.8, 4) is 0 Å². The number of hydrogen-bond donors (Lipinski definition) is 0. The molecule has 0 aromatic heterocycles. The highest BCUT2D eigenvalue weighted by Gasteiger charge is 2.05. The first-order chi connectivity index (χ1) is 13.7. The minimum Gasteiger partial charge on any atom is -0.466 e. The standard InChI is InChI=1S/C26H40O2/c1-4-6-7-8-9-10-11-12-13-14-15-16-17-18-19-20-21-22-23-26(5-2)24-28-25(3)27/h6-7,9-10,12-13,15-16,18-19,21-22,26H,4-5,8,11,14,17,20,23-24H2,1-3H3. The predicted molar refractivity (Wildman–Crippen MR) is 123 cm³/mol. The molecule has 1 atom stereocenters. The van der Waals surface area contributed by atoms with Crippen molar-refractivity contribution in [2.24, 2.45) is 5.92 Å². The van der Waals surface area contributed by atoms with E-state index < -0.39 is 0 Å². The zero-order valence-corrected chi connectivity index (χ0v) is 18.2. The van der Waals surface area contributed by atoms with Gasteiger partial charge in [0.05, 0.1) is 6.61 Å². The molecule has 2 heteroatoms. The Morgan fingerprint density at radius 2 is 1.07 bits per heavy atom. The van der Waals surface area contributed by atoms with Gasteiger partial charge in [0.15, 0.2) is 0 Å². The smallest absolute Gasteiger partial charge is 0.302 e. The fourth-order valence-electron chi connectivity index (χ4n) is 2.40. The van der Waals surface area contributed by atoms with E-state index in [1.807, 2.05) is 0 Å². The molecule has 0 fully saturated rings. The molecule has 0 aromatic carbocycles. The summed E-state index contributed by atoms with van der Waals surface area (Å²) in [6, 6.07) is 0. The molecule has 0 spiro atoms. The summed E-state index contributed by atoms with van der Waals surface area (Å²) in [5, 5.41) is 0. The van der Waals surface area contributed by atoms with Crippen LogP contribution in [0.5, 0.6) is 0 Å². The molecule has 156 valence electrons. The van der Waals surface area contributed by atoms with Crippen molar-refractivity contribution >= 4 is 5.97 Å². The number of allylic oxidation sites excluding steroid dienone is 12. The monoisotopic (exact) mass is 384 g/mol. The van der Waals surface area contributed by atoms with Crippen molar-refractivity contribution < 1.29 is 9.53 Å². The maximum Gasteiger partial charge on any atom is 0.302 e. The van der Waals surface area contributed by atoms with Crippen LogP contribution in [-0.2, 0) is 9.53 Å². The topological polar surface area (TPSA) is 26.3 Å². The van der Waals surface area contributed by atoms with Crippen LogP contribution in [0.15, 0.2) is 72.9 Å². The van der Waals surface area contributed by atoms with Crippen LogP contribution in [0.25, 0.3) is 0 Å². The quantitative estimate of drug-likeness (QED) is 0.202. The van der Waals surface area contributed by atoms with Gasteiger partial charge in [-0.2, -0.15) is 0 Å². The fraction of sp³-hybridized carbons (Fsp3) is 0.500. The van der Waals surface area contributed by atoms with Gasteiger partial charge in [-0.3, -0.25) is 4.79 Å². The average Bonchev–Trinajstić information content (AvgIpc) is 2.69. The molecule has 0 rings (SSSR count). The summed E-state index contributed by atoms with van der Waals surface area (Å²) in [4.78, 5) is 10.8. The number of carbonyl (C=O) groups is 1. The molecule has 28 heavy (non-hydrogen) atoms. The zero-order chi connectivity index (χ0) is 20.7. The minimum absolute atomic E-state index is 0.193. The Labute approximate surface area is 173 Å². The molecule has 0 amide bonds. The fourth-order valence-corrected chi connectivity index (χ4v) is 2.40. The van der Waals surface area contributed by atoms with E-state index >= 15 is 0 Å². The van der Waals surface area contributed by atoms with Gasteiger partial charge in [-0.1, -0.05) is 86.8 Å². The van der Waals surface area contributed by atoms with Crippen LogP contribution in [0, 0.1) is 5.92 Å². The van der Waals surface area contributed by atoms with Crippen molar-refractivity contribution in [1.29, 1.82) is 0 Å². The lowest BCUT2D eigenvalue weighted by molar-refractivity contribution is -0.142. The first-order valence-corrected chi connectivity index (χ1v) is 10.7. The van der Waals surface area contributed by atoms with Gasteiger partial charge in [-0.15, -0.1) is 0 Å². The van der Waals surface area contributed by atoms with Gasteiger partial charge in [0.2, 0.25) is 0 Å². The lowest BCUT2D eigenvalue weighted by Gasteiger charge is -2.11. The molecule has 0 aliphatic rings. The highest BCUT2D eigenvalue weighted by atomic mass is 16.5. The predicted octanol–water partition coefficient (Wildman–Crippen LogP) is 7.66. The van der Waals surface area contributed by atoms with Crippen molar-refractivity contribution in [2.45, 2.75) is 72.1 Å². The molecule has 0 bridgehead atoms. The van der Waals surface area contributed by atoms with Crippen LogP contribution < -0.4 is 0 Å². The molecule has 1 unspecified atom stereocenters. The first-order valence-electron chi connectivity index (χ1n) is 10.7. The molecule has 0 saturated heterocycles. The molecule has 0 aliphatic carbocycles. The molecule has 2 nitrogen and oxygen atoms in total. The summed E-state index contributed by atoms with van der Waals surface area (Å²) in [5.41, 5.74) is 0. The van der Waals surface area contributed by atoms with Crippen molar-refractivity contribution in [1.82, 2.24) is 0 Å².